The van der Waals surface area contributed by atoms with Gasteiger partial charge in [0.05, 0.1) is 6.42 Å². The monoisotopic (exact) mass is 274 g/mol. The Balaban J connectivity index is 2.41. The van der Waals surface area contributed by atoms with Gasteiger partial charge >= 0.3 is 5.97 Å². The summed E-state index contributed by atoms with van der Waals surface area (Å²) in [6, 6.07) is 11.8. The first-order valence-corrected chi connectivity index (χ1v) is 6.43. The summed E-state index contributed by atoms with van der Waals surface area (Å²) in [4.78, 5) is 10.7. The lowest BCUT2D eigenvalue weighted by molar-refractivity contribution is -0.136. The molecule has 0 spiro atoms. The van der Waals surface area contributed by atoms with E-state index >= 15 is 0 Å². The summed E-state index contributed by atoms with van der Waals surface area (Å²) in [6.45, 7) is 4.11. The van der Waals surface area contributed by atoms with Crippen molar-refractivity contribution in [1.29, 1.82) is 0 Å². The molecule has 2 aromatic carbocycles. The molecule has 98 valence electrons. The van der Waals surface area contributed by atoms with Crippen LogP contribution in [0.5, 0.6) is 0 Å². The molecule has 19 heavy (non-hydrogen) atoms. The van der Waals surface area contributed by atoms with Gasteiger partial charge in [-0.1, -0.05) is 47.5 Å². The highest BCUT2D eigenvalue weighted by atomic mass is 35.5. The van der Waals surface area contributed by atoms with E-state index in [1.165, 1.54) is 11.1 Å². The van der Waals surface area contributed by atoms with Gasteiger partial charge in [-0.2, -0.15) is 0 Å². The second-order valence-corrected chi connectivity index (χ2v) is 5.10. The van der Waals surface area contributed by atoms with Crippen LogP contribution in [0.25, 0.3) is 11.1 Å². The number of aryl methyl sites for hydroxylation is 2. The predicted molar refractivity (Wildman–Crippen MR) is 77.7 cm³/mol. The summed E-state index contributed by atoms with van der Waals surface area (Å²) in [6.07, 6.45) is -0.0496. The van der Waals surface area contributed by atoms with Crippen LogP contribution in [0.2, 0.25) is 5.02 Å². The van der Waals surface area contributed by atoms with Crippen molar-refractivity contribution in [3.8, 4) is 11.1 Å². The summed E-state index contributed by atoms with van der Waals surface area (Å²) >= 11 is 6.14. The van der Waals surface area contributed by atoms with Crippen molar-refractivity contribution in [2.45, 2.75) is 20.3 Å². The van der Waals surface area contributed by atoms with Gasteiger partial charge in [0.1, 0.15) is 0 Å². The van der Waals surface area contributed by atoms with E-state index < -0.39 is 5.97 Å². The number of hydrogen-bond donors (Lipinski definition) is 1. The molecule has 0 aliphatic rings. The molecule has 0 atom stereocenters. The molecule has 0 amide bonds. The number of rotatable bonds is 3. The van der Waals surface area contributed by atoms with Crippen LogP contribution < -0.4 is 0 Å². The van der Waals surface area contributed by atoms with Crippen LogP contribution in [0.4, 0.5) is 0 Å². The van der Waals surface area contributed by atoms with E-state index in [-0.39, 0.29) is 6.42 Å². The lowest BCUT2D eigenvalue weighted by atomic mass is 9.97. The normalized spacial score (nSPS) is 10.5. The van der Waals surface area contributed by atoms with Crippen LogP contribution in [-0.4, -0.2) is 11.1 Å². The van der Waals surface area contributed by atoms with Crippen LogP contribution in [0.15, 0.2) is 36.4 Å². The minimum atomic E-state index is -0.874. The molecule has 0 aliphatic heterocycles. The molecular weight excluding hydrogens is 260 g/mol. The fraction of sp³-hybridized carbons (Fsp3) is 0.188. The van der Waals surface area contributed by atoms with Crippen LogP contribution in [0.1, 0.15) is 16.7 Å². The van der Waals surface area contributed by atoms with Crippen molar-refractivity contribution < 1.29 is 9.90 Å². The lowest BCUT2D eigenvalue weighted by Gasteiger charge is -2.09. The van der Waals surface area contributed by atoms with Crippen molar-refractivity contribution in [2.24, 2.45) is 0 Å². The van der Waals surface area contributed by atoms with Gasteiger partial charge in [-0.25, -0.2) is 0 Å². The van der Waals surface area contributed by atoms with E-state index in [4.69, 9.17) is 16.7 Å². The Morgan fingerprint density at radius 2 is 1.89 bits per heavy atom. The molecule has 0 radical (unpaired) electrons. The maximum Gasteiger partial charge on any atom is 0.307 e. The first-order chi connectivity index (χ1) is 8.97. The predicted octanol–water partition coefficient (Wildman–Crippen LogP) is 4.25. The Morgan fingerprint density at radius 3 is 2.47 bits per heavy atom. The smallest absolute Gasteiger partial charge is 0.307 e. The molecule has 2 rings (SSSR count). The summed E-state index contributed by atoms with van der Waals surface area (Å²) in [5, 5.41) is 9.29. The van der Waals surface area contributed by atoms with Gasteiger partial charge in [-0.15, -0.1) is 0 Å². The number of hydrogen-bond acceptors (Lipinski definition) is 1. The van der Waals surface area contributed by atoms with Gasteiger partial charge in [-0.3, -0.25) is 4.79 Å². The molecule has 3 heteroatoms. The number of halogens is 1. The number of benzene rings is 2. The number of carboxylic acid groups (broad SMARTS) is 1. The molecule has 0 saturated heterocycles. The third-order valence-electron chi connectivity index (χ3n) is 3.09. The zero-order chi connectivity index (χ0) is 14.0. The minimum Gasteiger partial charge on any atom is -0.481 e. The van der Waals surface area contributed by atoms with Crippen LogP contribution in [0.3, 0.4) is 0 Å². The molecule has 0 unspecified atom stereocenters. The van der Waals surface area contributed by atoms with Crippen molar-refractivity contribution in [1.82, 2.24) is 0 Å². The molecular formula is C16H15ClO2. The minimum absolute atomic E-state index is 0.0496. The Labute approximate surface area is 117 Å². The van der Waals surface area contributed by atoms with E-state index in [1.54, 1.807) is 6.07 Å². The topological polar surface area (TPSA) is 37.3 Å². The number of aliphatic carboxylic acids is 1. The molecule has 0 bridgehead atoms. The quantitative estimate of drug-likeness (QED) is 0.908. The first kappa shape index (κ1) is 13.6. The third kappa shape index (κ3) is 3.15. The number of carbonyl (C=O) groups is 1. The highest BCUT2D eigenvalue weighted by Gasteiger charge is 2.08. The van der Waals surface area contributed by atoms with E-state index in [0.717, 1.165) is 11.1 Å². The van der Waals surface area contributed by atoms with Crippen LogP contribution in [-0.2, 0) is 11.2 Å². The van der Waals surface area contributed by atoms with Gasteiger partial charge in [0.15, 0.2) is 0 Å². The van der Waals surface area contributed by atoms with E-state index in [9.17, 15) is 4.79 Å². The third-order valence-corrected chi connectivity index (χ3v) is 3.44. The zero-order valence-corrected chi connectivity index (χ0v) is 11.7. The average molecular weight is 275 g/mol. The summed E-state index contributed by atoms with van der Waals surface area (Å²) in [5.74, 6) is -0.874. The molecule has 0 heterocycles. The van der Waals surface area contributed by atoms with Gasteiger partial charge in [0, 0.05) is 5.02 Å². The first-order valence-electron chi connectivity index (χ1n) is 6.05. The molecule has 2 nitrogen and oxygen atoms in total. The molecule has 0 aromatic heterocycles. The van der Waals surface area contributed by atoms with E-state index in [2.05, 4.69) is 32.0 Å². The Morgan fingerprint density at radius 1 is 1.16 bits per heavy atom. The fourth-order valence-electron chi connectivity index (χ4n) is 2.16. The molecule has 0 saturated carbocycles. The molecule has 2 aromatic rings. The highest BCUT2D eigenvalue weighted by Crippen LogP contribution is 2.28. The summed E-state index contributed by atoms with van der Waals surface area (Å²) < 4.78 is 0. The molecule has 0 aliphatic carbocycles. The van der Waals surface area contributed by atoms with E-state index in [0.29, 0.717) is 10.6 Å². The van der Waals surface area contributed by atoms with Crippen molar-refractivity contribution >= 4 is 17.6 Å². The van der Waals surface area contributed by atoms with Crippen LogP contribution >= 0.6 is 11.6 Å². The van der Waals surface area contributed by atoms with Gasteiger partial charge in [0.2, 0.25) is 0 Å². The SMILES string of the molecule is Cc1ccc(-c2ccc(CC(=O)O)c(Cl)c2)c(C)c1. The largest absolute Gasteiger partial charge is 0.481 e. The Hall–Kier alpha value is -1.80. The number of carboxylic acids is 1. The second-order valence-electron chi connectivity index (χ2n) is 4.70. The zero-order valence-electron chi connectivity index (χ0n) is 10.9. The molecule has 1 N–H and O–H groups in total. The maximum absolute atomic E-state index is 10.7. The lowest BCUT2D eigenvalue weighted by Crippen LogP contribution is -2.00. The van der Waals surface area contributed by atoms with Gasteiger partial charge < -0.3 is 5.11 Å². The van der Waals surface area contributed by atoms with Gasteiger partial charge in [0.25, 0.3) is 0 Å². The van der Waals surface area contributed by atoms with Crippen molar-refractivity contribution in [2.75, 3.05) is 0 Å². The van der Waals surface area contributed by atoms with E-state index in [1.807, 2.05) is 12.1 Å². The Kier molecular flexibility index (Phi) is 3.91. The highest BCUT2D eigenvalue weighted by molar-refractivity contribution is 6.31. The summed E-state index contributed by atoms with van der Waals surface area (Å²) in [5.41, 5.74) is 5.17. The standard InChI is InChI=1S/C16H15ClO2/c1-10-3-6-14(11(2)7-10)12-4-5-13(9-16(18)19)15(17)8-12/h3-8H,9H2,1-2H3,(H,18,19). The average Bonchev–Trinajstić information content (AvgIpc) is 2.31. The van der Waals surface area contributed by atoms with Crippen LogP contribution in [0, 0.1) is 13.8 Å². The summed E-state index contributed by atoms with van der Waals surface area (Å²) in [7, 11) is 0. The second kappa shape index (κ2) is 5.45. The Bertz CT molecular complexity index is 633. The molecule has 0 fully saturated rings. The van der Waals surface area contributed by atoms with Gasteiger partial charge in [-0.05, 0) is 42.2 Å². The maximum atomic E-state index is 10.7. The van der Waals surface area contributed by atoms with Crippen molar-refractivity contribution in [3.63, 3.8) is 0 Å². The fourth-order valence-corrected chi connectivity index (χ4v) is 2.41. The van der Waals surface area contributed by atoms with Crippen molar-refractivity contribution in [3.05, 3.63) is 58.1 Å².